The molecule has 1 aromatic rings. The third-order valence-corrected chi connectivity index (χ3v) is 2.20. The molecule has 100 valence electrons. The topological polar surface area (TPSA) is 67.8 Å². The first-order chi connectivity index (χ1) is 8.33. The highest BCUT2D eigenvalue weighted by molar-refractivity contribution is 6.31. The fourth-order valence-electron chi connectivity index (χ4n) is 1.16. The van der Waals surface area contributed by atoms with Gasteiger partial charge in [-0.05, 0) is 18.2 Å². The van der Waals surface area contributed by atoms with Gasteiger partial charge in [-0.1, -0.05) is 16.8 Å². The van der Waals surface area contributed by atoms with Crippen molar-refractivity contribution < 1.29 is 23.1 Å². The van der Waals surface area contributed by atoms with Gasteiger partial charge < -0.3 is 15.7 Å². The van der Waals surface area contributed by atoms with Crippen LogP contribution in [0.2, 0.25) is 5.02 Å². The zero-order chi connectivity index (χ0) is 13.8. The number of alkyl halides is 3. The van der Waals surface area contributed by atoms with Crippen LogP contribution in [0.15, 0.2) is 23.4 Å². The average Bonchev–Trinajstić information content (AvgIpc) is 2.28. The van der Waals surface area contributed by atoms with Crippen molar-refractivity contribution in [3.05, 3.63) is 28.8 Å². The maximum absolute atomic E-state index is 12.0. The molecular formula is C10H10ClF3N2O2. The number of nitrogens with zero attached hydrogens (tertiary/aromatic N) is 1. The average molecular weight is 283 g/mol. The van der Waals surface area contributed by atoms with Gasteiger partial charge in [-0.3, -0.25) is 0 Å². The van der Waals surface area contributed by atoms with Crippen LogP contribution in [0.25, 0.3) is 0 Å². The molecule has 4 nitrogen and oxygen atoms in total. The van der Waals surface area contributed by atoms with E-state index in [0.29, 0.717) is 5.02 Å². The molecular weight excluding hydrogens is 273 g/mol. The molecule has 0 aliphatic heterocycles. The first-order valence-electron chi connectivity index (χ1n) is 4.80. The predicted octanol–water partition coefficient (Wildman–Crippen LogP) is 2.77. The molecule has 0 saturated carbocycles. The molecule has 0 aromatic heterocycles. The van der Waals surface area contributed by atoms with Crippen molar-refractivity contribution in [2.75, 3.05) is 6.61 Å². The highest BCUT2D eigenvalue weighted by Crippen LogP contribution is 2.25. The van der Waals surface area contributed by atoms with Crippen molar-refractivity contribution in [2.45, 2.75) is 12.6 Å². The number of ether oxygens (including phenoxy) is 1. The fraction of sp³-hybridized carbons (Fsp3) is 0.300. The Morgan fingerprint density at radius 3 is 2.67 bits per heavy atom. The summed E-state index contributed by atoms with van der Waals surface area (Å²) in [5.41, 5.74) is 5.49. The molecule has 18 heavy (non-hydrogen) atoms. The van der Waals surface area contributed by atoms with E-state index in [-0.39, 0.29) is 17.1 Å². The fourth-order valence-corrected chi connectivity index (χ4v) is 1.33. The third-order valence-electron chi connectivity index (χ3n) is 1.97. The second-order valence-corrected chi connectivity index (χ2v) is 3.78. The zero-order valence-electron chi connectivity index (χ0n) is 9.04. The molecule has 0 spiro atoms. The zero-order valence-corrected chi connectivity index (χ0v) is 9.79. The standard InChI is InChI=1S/C10H10ClF3N2O2/c11-6-1-2-8(7(5-6)9(15)16-17)18-4-3-10(12,13)14/h1-2,5,17H,3-4H2,(H2,15,16). The first kappa shape index (κ1) is 14.4. The van der Waals surface area contributed by atoms with E-state index in [4.69, 9.17) is 27.3 Å². The normalized spacial score (nSPS) is 12.6. The lowest BCUT2D eigenvalue weighted by atomic mass is 10.2. The van der Waals surface area contributed by atoms with Gasteiger partial charge in [0.2, 0.25) is 0 Å². The second kappa shape index (κ2) is 5.81. The molecule has 0 fully saturated rings. The van der Waals surface area contributed by atoms with E-state index >= 15 is 0 Å². The van der Waals surface area contributed by atoms with Crippen LogP contribution >= 0.6 is 11.6 Å². The molecule has 0 bridgehead atoms. The summed E-state index contributed by atoms with van der Waals surface area (Å²) in [6, 6.07) is 4.12. The molecule has 8 heteroatoms. The Balaban J connectivity index is 2.82. The molecule has 0 radical (unpaired) electrons. The molecule has 0 atom stereocenters. The van der Waals surface area contributed by atoms with Crippen LogP contribution in [-0.4, -0.2) is 23.8 Å². The van der Waals surface area contributed by atoms with Crippen molar-refractivity contribution >= 4 is 17.4 Å². The third kappa shape index (κ3) is 4.33. The van der Waals surface area contributed by atoms with Gasteiger partial charge >= 0.3 is 6.18 Å². The Morgan fingerprint density at radius 1 is 1.44 bits per heavy atom. The van der Waals surface area contributed by atoms with Gasteiger partial charge in [0.15, 0.2) is 5.84 Å². The largest absolute Gasteiger partial charge is 0.492 e. The molecule has 0 amide bonds. The Bertz CT molecular complexity index is 449. The molecule has 0 aliphatic rings. The number of halogens is 4. The molecule has 0 heterocycles. The minimum atomic E-state index is -4.30. The van der Waals surface area contributed by atoms with E-state index in [0.717, 1.165) is 0 Å². The van der Waals surface area contributed by atoms with Crippen LogP contribution in [0.1, 0.15) is 12.0 Å². The summed E-state index contributed by atoms with van der Waals surface area (Å²) in [6.45, 7) is -0.559. The van der Waals surface area contributed by atoms with E-state index in [2.05, 4.69) is 5.16 Å². The van der Waals surface area contributed by atoms with Crippen molar-refractivity contribution in [2.24, 2.45) is 10.9 Å². The highest BCUT2D eigenvalue weighted by atomic mass is 35.5. The van der Waals surface area contributed by atoms with Gasteiger partial charge in [0.25, 0.3) is 0 Å². The van der Waals surface area contributed by atoms with Crippen LogP contribution in [0.4, 0.5) is 13.2 Å². The number of amidine groups is 1. The van der Waals surface area contributed by atoms with Crippen LogP contribution in [0.3, 0.4) is 0 Å². The minimum Gasteiger partial charge on any atom is -0.492 e. The lowest BCUT2D eigenvalue weighted by molar-refractivity contribution is -0.139. The van der Waals surface area contributed by atoms with Crippen LogP contribution in [0.5, 0.6) is 5.75 Å². The summed E-state index contributed by atoms with van der Waals surface area (Å²) in [5, 5.41) is 11.6. The summed E-state index contributed by atoms with van der Waals surface area (Å²) < 4.78 is 40.8. The van der Waals surface area contributed by atoms with E-state index in [9.17, 15) is 13.2 Å². The van der Waals surface area contributed by atoms with Gasteiger partial charge in [-0.2, -0.15) is 13.2 Å². The number of oxime groups is 1. The molecule has 1 rings (SSSR count). The monoisotopic (exact) mass is 282 g/mol. The highest BCUT2D eigenvalue weighted by Gasteiger charge is 2.27. The Hall–Kier alpha value is -1.63. The molecule has 0 aliphatic carbocycles. The van der Waals surface area contributed by atoms with E-state index in [1.807, 2.05) is 0 Å². The van der Waals surface area contributed by atoms with Crippen molar-refractivity contribution in [1.29, 1.82) is 0 Å². The summed E-state index contributed by atoms with van der Waals surface area (Å²) in [6.07, 6.45) is -5.39. The number of rotatable bonds is 4. The predicted molar refractivity (Wildman–Crippen MR) is 60.1 cm³/mol. The minimum absolute atomic E-state index is 0.0685. The summed E-state index contributed by atoms with van der Waals surface area (Å²) in [5.74, 6) is -0.224. The smallest absolute Gasteiger partial charge is 0.392 e. The molecule has 1 aromatic carbocycles. The summed E-state index contributed by atoms with van der Waals surface area (Å²) in [4.78, 5) is 0. The van der Waals surface area contributed by atoms with Crippen LogP contribution in [0, 0.1) is 0 Å². The Kier molecular flexibility index (Phi) is 4.66. The van der Waals surface area contributed by atoms with Crippen molar-refractivity contribution in [3.63, 3.8) is 0 Å². The summed E-state index contributed by atoms with van der Waals surface area (Å²) in [7, 11) is 0. The van der Waals surface area contributed by atoms with Gasteiger partial charge in [-0.25, -0.2) is 0 Å². The number of hydrogen-bond donors (Lipinski definition) is 2. The van der Waals surface area contributed by atoms with Gasteiger partial charge in [0.05, 0.1) is 18.6 Å². The Labute approximate surface area is 106 Å². The number of benzene rings is 1. The number of nitrogens with two attached hydrogens (primary N) is 1. The van der Waals surface area contributed by atoms with Gasteiger partial charge in [-0.15, -0.1) is 0 Å². The lowest BCUT2D eigenvalue weighted by Crippen LogP contribution is -2.17. The lowest BCUT2D eigenvalue weighted by Gasteiger charge is -2.12. The Morgan fingerprint density at radius 2 is 2.11 bits per heavy atom. The van der Waals surface area contributed by atoms with E-state index in [1.165, 1.54) is 18.2 Å². The molecule has 0 unspecified atom stereocenters. The SMILES string of the molecule is N/C(=N/O)c1cc(Cl)ccc1OCCC(F)(F)F. The van der Waals surface area contributed by atoms with Crippen LogP contribution in [-0.2, 0) is 0 Å². The van der Waals surface area contributed by atoms with E-state index in [1.54, 1.807) is 0 Å². The van der Waals surface area contributed by atoms with E-state index < -0.39 is 19.2 Å². The first-order valence-corrected chi connectivity index (χ1v) is 5.18. The molecule has 0 saturated heterocycles. The molecule has 3 N–H and O–H groups in total. The maximum Gasteiger partial charge on any atom is 0.392 e. The van der Waals surface area contributed by atoms with Gasteiger partial charge in [0.1, 0.15) is 5.75 Å². The van der Waals surface area contributed by atoms with Gasteiger partial charge in [0, 0.05) is 5.02 Å². The van der Waals surface area contributed by atoms with Crippen LogP contribution < -0.4 is 10.5 Å². The second-order valence-electron chi connectivity index (χ2n) is 3.34. The quantitative estimate of drug-likeness (QED) is 0.386. The maximum atomic E-state index is 12.0. The summed E-state index contributed by atoms with van der Waals surface area (Å²) >= 11 is 5.70. The number of hydrogen-bond acceptors (Lipinski definition) is 3. The van der Waals surface area contributed by atoms with Crippen molar-refractivity contribution in [3.8, 4) is 5.75 Å². The van der Waals surface area contributed by atoms with Crippen molar-refractivity contribution in [1.82, 2.24) is 0 Å².